The van der Waals surface area contributed by atoms with E-state index in [1.165, 1.54) is 21.1 Å². The first kappa shape index (κ1) is 30.2. The normalized spacial score (nSPS) is 14.8. The lowest BCUT2D eigenvalue weighted by molar-refractivity contribution is -0.118. The van der Waals surface area contributed by atoms with E-state index in [1.807, 2.05) is 39.0 Å². The Bertz CT molecular complexity index is 1570. The van der Waals surface area contributed by atoms with Crippen molar-refractivity contribution in [2.75, 3.05) is 38.0 Å². The summed E-state index contributed by atoms with van der Waals surface area (Å²) in [6.45, 7) is 13.5. The number of sulfonamides is 1. The fraction of sp³-hybridized carbons (Fsp3) is 0.414. The van der Waals surface area contributed by atoms with Gasteiger partial charge in [0.2, 0.25) is 21.8 Å². The van der Waals surface area contributed by atoms with Crippen LogP contribution in [0.4, 0.5) is 5.69 Å². The Hall–Kier alpha value is -3.74. The van der Waals surface area contributed by atoms with E-state index in [1.54, 1.807) is 26.8 Å². The van der Waals surface area contributed by atoms with Gasteiger partial charge in [-0.3, -0.25) is 4.79 Å². The molecule has 2 aromatic carbocycles. The molecule has 1 aliphatic heterocycles. The van der Waals surface area contributed by atoms with Crippen molar-refractivity contribution in [2.24, 2.45) is 5.92 Å². The third-order valence-corrected chi connectivity index (χ3v) is 9.11. The average molecular weight is 584 g/mol. The number of carboxylic acid groups (broad SMARTS) is 1. The molecule has 41 heavy (non-hydrogen) atoms. The van der Waals surface area contributed by atoms with Crippen molar-refractivity contribution < 1.29 is 27.9 Å². The van der Waals surface area contributed by atoms with Crippen LogP contribution in [0.2, 0.25) is 0 Å². The van der Waals surface area contributed by atoms with Crippen LogP contribution in [0.5, 0.6) is 11.6 Å². The smallest absolute Gasteiger partial charge is 0.356 e. The third kappa shape index (κ3) is 6.29. The summed E-state index contributed by atoms with van der Waals surface area (Å²) in [6, 6.07) is 10.1. The van der Waals surface area contributed by atoms with E-state index in [0.29, 0.717) is 37.6 Å². The summed E-state index contributed by atoms with van der Waals surface area (Å²) in [4.78, 5) is 26.5. The standard InChI is InChI=1S/C29H37N5O6S/c1-7-32-12-14-33(15-13-32)41(38,39)25-17-22(30-27(35)18(2)3)9-11-24(25)40-28-21(6)26(29(36)37)31-34(28)23-10-8-19(4)16-20(23)5/h8-11,16-18H,7,12-15H2,1-6H3,(H,30,35)(H,36,37). The second-order valence-electron chi connectivity index (χ2n) is 10.5. The minimum absolute atomic E-state index is 0.00331. The summed E-state index contributed by atoms with van der Waals surface area (Å²) in [5, 5.41) is 16.9. The van der Waals surface area contributed by atoms with Gasteiger partial charge in [-0.25, -0.2) is 13.2 Å². The van der Waals surface area contributed by atoms with Crippen LogP contribution in [-0.2, 0) is 14.8 Å². The number of piperazine rings is 1. The van der Waals surface area contributed by atoms with Gasteiger partial charge in [-0.05, 0) is 57.1 Å². The molecule has 11 nitrogen and oxygen atoms in total. The van der Waals surface area contributed by atoms with Gasteiger partial charge in [0.1, 0.15) is 10.6 Å². The molecule has 0 bridgehead atoms. The molecule has 1 fully saturated rings. The highest BCUT2D eigenvalue weighted by Crippen LogP contribution is 2.37. The van der Waals surface area contributed by atoms with Crippen molar-refractivity contribution in [1.29, 1.82) is 0 Å². The predicted molar refractivity (Wildman–Crippen MR) is 156 cm³/mol. The Morgan fingerprint density at radius 3 is 2.32 bits per heavy atom. The van der Waals surface area contributed by atoms with Crippen molar-refractivity contribution in [2.45, 2.75) is 46.4 Å². The second-order valence-corrected chi connectivity index (χ2v) is 12.4. The molecule has 3 aromatic rings. The van der Waals surface area contributed by atoms with Crippen LogP contribution in [0.25, 0.3) is 5.69 Å². The number of anilines is 1. The monoisotopic (exact) mass is 583 g/mol. The highest BCUT2D eigenvalue weighted by atomic mass is 32.2. The minimum Gasteiger partial charge on any atom is -0.476 e. The van der Waals surface area contributed by atoms with Gasteiger partial charge < -0.3 is 20.1 Å². The third-order valence-electron chi connectivity index (χ3n) is 7.19. The molecule has 1 aromatic heterocycles. The number of aromatic carboxylic acids is 1. The van der Waals surface area contributed by atoms with Crippen molar-refractivity contribution in [3.8, 4) is 17.3 Å². The number of carbonyl (C=O) groups excluding carboxylic acids is 1. The van der Waals surface area contributed by atoms with E-state index in [9.17, 15) is 23.1 Å². The quantitative estimate of drug-likeness (QED) is 0.383. The van der Waals surface area contributed by atoms with E-state index in [4.69, 9.17) is 4.74 Å². The van der Waals surface area contributed by atoms with Gasteiger partial charge in [0, 0.05) is 43.3 Å². The van der Waals surface area contributed by atoms with Gasteiger partial charge in [-0.15, -0.1) is 0 Å². The number of aromatic nitrogens is 2. The van der Waals surface area contributed by atoms with E-state index in [-0.39, 0.29) is 39.6 Å². The summed E-state index contributed by atoms with van der Waals surface area (Å²) in [5.74, 6) is -1.72. The van der Waals surface area contributed by atoms with Gasteiger partial charge in [-0.2, -0.15) is 14.1 Å². The fourth-order valence-corrected chi connectivity index (χ4v) is 6.26. The Kier molecular flexibility index (Phi) is 8.86. The first-order valence-electron chi connectivity index (χ1n) is 13.6. The first-order valence-corrected chi connectivity index (χ1v) is 15.0. The number of carbonyl (C=O) groups is 2. The Morgan fingerprint density at radius 2 is 1.73 bits per heavy atom. The molecule has 2 N–H and O–H groups in total. The zero-order valence-electron chi connectivity index (χ0n) is 24.3. The number of likely N-dealkylation sites (N-methyl/N-ethyl adjacent to an activating group) is 1. The van der Waals surface area contributed by atoms with Crippen LogP contribution < -0.4 is 10.1 Å². The second kappa shape index (κ2) is 12.0. The summed E-state index contributed by atoms with van der Waals surface area (Å²) in [7, 11) is -4.05. The predicted octanol–water partition coefficient (Wildman–Crippen LogP) is 4.21. The molecule has 0 saturated carbocycles. The molecule has 4 rings (SSSR count). The molecule has 0 spiro atoms. The van der Waals surface area contributed by atoms with E-state index in [2.05, 4.69) is 15.3 Å². The van der Waals surface area contributed by atoms with Crippen molar-refractivity contribution >= 4 is 27.6 Å². The molecule has 2 heterocycles. The number of nitrogens with zero attached hydrogens (tertiary/aromatic N) is 4. The van der Waals surface area contributed by atoms with Gasteiger partial charge in [0.25, 0.3) is 0 Å². The lowest BCUT2D eigenvalue weighted by atomic mass is 10.1. The van der Waals surface area contributed by atoms with Gasteiger partial charge in [-0.1, -0.05) is 38.5 Å². The molecule has 0 aliphatic carbocycles. The molecule has 1 aliphatic rings. The van der Waals surface area contributed by atoms with Crippen molar-refractivity contribution in [1.82, 2.24) is 19.0 Å². The molecule has 0 unspecified atom stereocenters. The minimum atomic E-state index is -4.05. The van der Waals surface area contributed by atoms with E-state index in [0.717, 1.165) is 17.7 Å². The highest BCUT2D eigenvalue weighted by Gasteiger charge is 2.32. The van der Waals surface area contributed by atoms with Crippen LogP contribution in [0, 0.1) is 26.7 Å². The number of amides is 1. The topological polar surface area (TPSA) is 134 Å². The molecule has 220 valence electrons. The molecule has 1 amide bonds. The molecule has 1 saturated heterocycles. The number of carboxylic acids is 1. The summed E-state index contributed by atoms with van der Waals surface area (Å²) in [5.41, 5.74) is 2.81. The number of ether oxygens (including phenoxy) is 1. The molecule has 0 radical (unpaired) electrons. The van der Waals surface area contributed by atoms with Crippen LogP contribution in [0.3, 0.4) is 0 Å². The van der Waals surface area contributed by atoms with Crippen LogP contribution in [0.15, 0.2) is 41.3 Å². The summed E-state index contributed by atoms with van der Waals surface area (Å²) >= 11 is 0. The lowest BCUT2D eigenvalue weighted by Gasteiger charge is -2.33. The van der Waals surface area contributed by atoms with Crippen molar-refractivity contribution in [3.63, 3.8) is 0 Å². The Morgan fingerprint density at radius 1 is 1.05 bits per heavy atom. The number of aryl methyl sites for hydroxylation is 2. The zero-order valence-corrected chi connectivity index (χ0v) is 25.1. The Labute approximate surface area is 240 Å². The molecule has 12 heteroatoms. The largest absolute Gasteiger partial charge is 0.476 e. The summed E-state index contributed by atoms with van der Waals surface area (Å²) in [6.07, 6.45) is 0. The molecular formula is C29H37N5O6S. The first-order chi connectivity index (χ1) is 19.3. The summed E-state index contributed by atoms with van der Waals surface area (Å²) < 4.78 is 37.1. The lowest BCUT2D eigenvalue weighted by Crippen LogP contribution is -2.48. The molecular weight excluding hydrogens is 546 g/mol. The zero-order chi connectivity index (χ0) is 30.1. The Balaban J connectivity index is 1.84. The van der Waals surface area contributed by atoms with Gasteiger partial charge in [0.05, 0.1) is 5.69 Å². The van der Waals surface area contributed by atoms with Gasteiger partial charge >= 0.3 is 5.97 Å². The fourth-order valence-electron chi connectivity index (χ4n) is 4.70. The van der Waals surface area contributed by atoms with Crippen LogP contribution in [-0.4, -0.2) is 77.1 Å². The number of nitrogens with one attached hydrogen (secondary N) is 1. The number of hydrogen-bond donors (Lipinski definition) is 2. The van der Waals surface area contributed by atoms with Gasteiger partial charge in [0.15, 0.2) is 5.69 Å². The van der Waals surface area contributed by atoms with E-state index >= 15 is 0 Å². The van der Waals surface area contributed by atoms with Crippen molar-refractivity contribution in [3.05, 3.63) is 58.8 Å². The highest BCUT2D eigenvalue weighted by molar-refractivity contribution is 7.89. The van der Waals surface area contributed by atoms with Crippen LogP contribution in [0.1, 0.15) is 48.0 Å². The van der Waals surface area contributed by atoms with E-state index < -0.39 is 16.0 Å². The number of hydrogen-bond acceptors (Lipinski definition) is 7. The number of benzene rings is 2. The maximum absolute atomic E-state index is 14.0. The molecule has 0 atom stereocenters. The maximum Gasteiger partial charge on any atom is 0.356 e. The maximum atomic E-state index is 14.0. The SMILES string of the molecule is CCN1CCN(S(=O)(=O)c2cc(NC(=O)C(C)C)ccc2Oc2c(C)c(C(=O)O)nn2-c2ccc(C)cc2C)CC1. The van der Waals surface area contributed by atoms with Crippen LogP contribution >= 0.6 is 0 Å². The number of rotatable bonds is 9. The average Bonchev–Trinajstić information content (AvgIpc) is 3.25.